The summed E-state index contributed by atoms with van der Waals surface area (Å²) in [5.41, 5.74) is 5.95. The lowest BCUT2D eigenvalue weighted by atomic mass is 9.74. The lowest BCUT2D eigenvalue weighted by Gasteiger charge is -2.57. The van der Waals surface area contributed by atoms with Gasteiger partial charge < -0.3 is 15.1 Å². The summed E-state index contributed by atoms with van der Waals surface area (Å²) in [5, 5.41) is 13.9. The van der Waals surface area contributed by atoms with E-state index in [4.69, 9.17) is 0 Å². The van der Waals surface area contributed by atoms with E-state index in [1.807, 2.05) is 24.3 Å². The summed E-state index contributed by atoms with van der Waals surface area (Å²) in [6.07, 6.45) is 1.74. The molecular formula is C27H27FN6. The molecule has 0 saturated carbocycles. The smallest absolute Gasteiger partial charge is 0.146 e. The van der Waals surface area contributed by atoms with Crippen molar-refractivity contribution in [2.24, 2.45) is 5.41 Å². The molecule has 4 aliphatic heterocycles. The van der Waals surface area contributed by atoms with Gasteiger partial charge in [0.05, 0.1) is 22.8 Å². The SMILES string of the molecule is C[C@@H]1CN(c2ccc(C#N)c3ncccc23)C[C@@H]2c3cc(F)c(N4CC5(CNC5)C4)cc3CN12. The van der Waals surface area contributed by atoms with E-state index >= 15 is 4.39 Å². The molecule has 4 aliphatic rings. The first kappa shape index (κ1) is 20.2. The summed E-state index contributed by atoms with van der Waals surface area (Å²) >= 11 is 0. The van der Waals surface area contributed by atoms with Crippen LogP contribution in [0.1, 0.15) is 29.7 Å². The number of fused-ring (bicyclic) bond motifs is 4. The van der Waals surface area contributed by atoms with Gasteiger partial charge in [0.25, 0.3) is 0 Å². The first-order valence-electron chi connectivity index (χ1n) is 12.1. The number of anilines is 2. The molecule has 1 aromatic heterocycles. The molecule has 7 rings (SSSR count). The lowest BCUT2D eigenvalue weighted by Crippen LogP contribution is -2.71. The van der Waals surface area contributed by atoms with Crippen LogP contribution in [0.4, 0.5) is 15.8 Å². The third kappa shape index (κ3) is 2.82. The summed E-state index contributed by atoms with van der Waals surface area (Å²) in [5.74, 6) is -0.0967. The van der Waals surface area contributed by atoms with Crippen molar-refractivity contribution < 1.29 is 4.39 Å². The second kappa shape index (κ2) is 7.14. The van der Waals surface area contributed by atoms with E-state index < -0.39 is 0 Å². The van der Waals surface area contributed by atoms with Crippen LogP contribution in [0.3, 0.4) is 0 Å². The zero-order chi connectivity index (χ0) is 23.0. The zero-order valence-corrected chi connectivity index (χ0v) is 19.3. The predicted molar refractivity (Wildman–Crippen MR) is 130 cm³/mol. The molecular weight excluding hydrogens is 427 g/mol. The highest BCUT2D eigenvalue weighted by molar-refractivity contribution is 5.95. The van der Waals surface area contributed by atoms with E-state index in [0.29, 0.717) is 17.0 Å². The molecule has 5 heterocycles. The van der Waals surface area contributed by atoms with Crippen LogP contribution in [0, 0.1) is 22.6 Å². The van der Waals surface area contributed by atoms with Gasteiger partial charge in [0.2, 0.25) is 0 Å². The van der Waals surface area contributed by atoms with E-state index in [1.54, 1.807) is 12.3 Å². The minimum Gasteiger partial charge on any atom is -0.368 e. The number of halogens is 1. The largest absolute Gasteiger partial charge is 0.368 e. The minimum absolute atomic E-state index is 0.0967. The highest BCUT2D eigenvalue weighted by Gasteiger charge is 2.48. The molecule has 1 spiro atoms. The molecule has 0 aliphatic carbocycles. The van der Waals surface area contributed by atoms with Gasteiger partial charge in [-0.3, -0.25) is 9.88 Å². The number of nitrogens with zero attached hydrogens (tertiary/aromatic N) is 5. The Balaban J connectivity index is 1.21. The maximum Gasteiger partial charge on any atom is 0.146 e. The van der Waals surface area contributed by atoms with E-state index in [1.165, 1.54) is 5.56 Å². The van der Waals surface area contributed by atoms with Crippen molar-refractivity contribution in [3.05, 3.63) is 65.1 Å². The quantitative estimate of drug-likeness (QED) is 0.641. The van der Waals surface area contributed by atoms with Gasteiger partial charge >= 0.3 is 0 Å². The van der Waals surface area contributed by atoms with Crippen molar-refractivity contribution in [1.29, 1.82) is 5.26 Å². The number of piperazine rings is 1. The van der Waals surface area contributed by atoms with Crippen LogP contribution in [0.25, 0.3) is 10.9 Å². The molecule has 3 aromatic rings. The number of nitrogens with one attached hydrogen (secondary N) is 1. The van der Waals surface area contributed by atoms with Crippen molar-refractivity contribution in [3.8, 4) is 6.07 Å². The van der Waals surface area contributed by atoms with E-state index in [9.17, 15) is 5.26 Å². The van der Waals surface area contributed by atoms with Gasteiger partial charge in [0, 0.05) is 74.5 Å². The molecule has 172 valence electrons. The van der Waals surface area contributed by atoms with Gasteiger partial charge in [-0.05, 0) is 54.4 Å². The number of benzene rings is 2. The maximum absolute atomic E-state index is 15.3. The summed E-state index contributed by atoms with van der Waals surface area (Å²) in [4.78, 5) is 11.6. The Morgan fingerprint density at radius 2 is 1.97 bits per heavy atom. The first-order valence-corrected chi connectivity index (χ1v) is 12.1. The normalized spacial score (nSPS) is 25.0. The van der Waals surface area contributed by atoms with Gasteiger partial charge in [-0.25, -0.2) is 4.39 Å². The third-order valence-corrected chi connectivity index (χ3v) is 8.37. The molecule has 0 radical (unpaired) electrons. The Kier molecular flexibility index (Phi) is 4.24. The van der Waals surface area contributed by atoms with Gasteiger partial charge in [-0.2, -0.15) is 5.26 Å². The standard InChI is InChI=1S/C27H27FN6/c1-17-10-32(23-5-4-18(9-29)26-20(23)3-2-6-31-26)12-25-21-8-22(28)24(7-19(21)11-34(17)25)33-15-27(16-33)13-30-14-27/h2-8,17,25,30H,10-16H2,1H3/t17-,25-/m1/s1. The maximum atomic E-state index is 15.3. The fourth-order valence-electron chi connectivity index (χ4n) is 6.53. The van der Waals surface area contributed by atoms with Crippen LogP contribution >= 0.6 is 0 Å². The van der Waals surface area contributed by atoms with Crippen molar-refractivity contribution in [3.63, 3.8) is 0 Å². The number of rotatable bonds is 2. The molecule has 3 saturated heterocycles. The first-order chi connectivity index (χ1) is 16.5. The number of hydrogen-bond acceptors (Lipinski definition) is 6. The molecule has 2 atom stereocenters. The van der Waals surface area contributed by atoms with Gasteiger partial charge in [0.15, 0.2) is 0 Å². The van der Waals surface area contributed by atoms with E-state index in [2.05, 4.69) is 44.1 Å². The molecule has 34 heavy (non-hydrogen) atoms. The van der Waals surface area contributed by atoms with Crippen molar-refractivity contribution in [2.45, 2.75) is 25.6 Å². The van der Waals surface area contributed by atoms with Gasteiger partial charge in [-0.1, -0.05) is 0 Å². The predicted octanol–water partition coefficient (Wildman–Crippen LogP) is 3.42. The number of nitriles is 1. The fourth-order valence-corrected chi connectivity index (χ4v) is 6.53. The van der Waals surface area contributed by atoms with E-state index in [-0.39, 0.29) is 11.9 Å². The van der Waals surface area contributed by atoms with Crippen molar-refractivity contribution >= 4 is 22.3 Å². The third-order valence-electron chi connectivity index (χ3n) is 8.37. The second-order valence-electron chi connectivity index (χ2n) is 10.5. The van der Waals surface area contributed by atoms with Gasteiger partial charge in [0.1, 0.15) is 11.9 Å². The molecule has 1 N–H and O–H groups in total. The zero-order valence-electron chi connectivity index (χ0n) is 19.3. The van der Waals surface area contributed by atoms with E-state index in [0.717, 1.165) is 73.7 Å². The van der Waals surface area contributed by atoms with Crippen LogP contribution in [-0.2, 0) is 6.54 Å². The average Bonchev–Trinajstić information content (AvgIpc) is 3.14. The summed E-state index contributed by atoms with van der Waals surface area (Å²) in [6, 6.07) is 14.5. The molecule has 0 amide bonds. The molecule has 0 bridgehead atoms. The van der Waals surface area contributed by atoms with Crippen molar-refractivity contribution in [1.82, 2.24) is 15.2 Å². The molecule has 3 fully saturated rings. The Bertz CT molecular complexity index is 1350. The average molecular weight is 455 g/mol. The number of hydrogen-bond donors (Lipinski definition) is 1. The Labute approximate surface area is 198 Å². The van der Waals surface area contributed by atoms with Crippen LogP contribution in [0.5, 0.6) is 0 Å². The lowest BCUT2D eigenvalue weighted by molar-refractivity contribution is 0.120. The number of aromatic nitrogens is 1. The minimum atomic E-state index is -0.0967. The fraction of sp³-hybridized carbons (Fsp3) is 0.407. The monoisotopic (exact) mass is 454 g/mol. The Hall–Kier alpha value is -3.21. The molecule has 0 unspecified atom stereocenters. The molecule has 2 aromatic carbocycles. The second-order valence-corrected chi connectivity index (χ2v) is 10.5. The highest BCUT2D eigenvalue weighted by atomic mass is 19.1. The summed E-state index contributed by atoms with van der Waals surface area (Å²) < 4.78 is 15.3. The molecule has 7 heteroatoms. The molecule has 6 nitrogen and oxygen atoms in total. The Morgan fingerprint density at radius 3 is 2.74 bits per heavy atom. The van der Waals surface area contributed by atoms with Crippen LogP contribution in [-0.4, -0.2) is 55.2 Å². The topological polar surface area (TPSA) is 58.4 Å². The van der Waals surface area contributed by atoms with Gasteiger partial charge in [-0.15, -0.1) is 0 Å². The highest BCUT2D eigenvalue weighted by Crippen LogP contribution is 2.45. The number of pyridine rings is 1. The van der Waals surface area contributed by atoms with Crippen LogP contribution < -0.4 is 15.1 Å². The summed E-state index contributed by atoms with van der Waals surface area (Å²) in [6.45, 7) is 8.83. The van der Waals surface area contributed by atoms with Crippen LogP contribution in [0.2, 0.25) is 0 Å². The van der Waals surface area contributed by atoms with Crippen molar-refractivity contribution in [2.75, 3.05) is 49.1 Å². The Morgan fingerprint density at radius 1 is 1.12 bits per heavy atom. The van der Waals surface area contributed by atoms with Crippen LogP contribution in [0.15, 0.2) is 42.6 Å². The summed E-state index contributed by atoms with van der Waals surface area (Å²) in [7, 11) is 0.